The van der Waals surface area contributed by atoms with Crippen molar-refractivity contribution in [3.63, 3.8) is 0 Å². The van der Waals surface area contributed by atoms with Crippen molar-refractivity contribution in [2.45, 2.75) is 37.0 Å². The summed E-state index contributed by atoms with van der Waals surface area (Å²) in [6.07, 6.45) is 2.30. The van der Waals surface area contributed by atoms with Crippen LogP contribution in [0.15, 0.2) is 64.3 Å². The molecule has 204 valence electrons. The number of methoxy groups -OCH3 is 2. The monoisotopic (exact) mass is 545 g/mol. The number of ether oxygens (including phenoxy) is 4. The highest BCUT2D eigenvalue weighted by Gasteiger charge is 2.28. The second-order valence-corrected chi connectivity index (χ2v) is 11.1. The number of benzene rings is 2. The van der Waals surface area contributed by atoms with Crippen molar-refractivity contribution in [2.75, 3.05) is 27.4 Å². The predicted octanol–water partition coefficient (Wildman–Crippen LogP) is 4.62. The molecule has 38 heavy (non-hydrogen) atoms. The van der Waals surface area contributed by atoms with Crippen LogP contribution >= 0.6 is 0 Å². The molecular weight excluding hydrogens is 514 g/mol. The van der Waals surface area contributed by atoms with Gasteiger partial charge in [-0.1, -0.05) is 24.3 Å². The maximum absolute atomic E-state index is 13.4. The van der Waals surface area contributed by atoms with Crippen LogP contribution in [0.1, 0.15) is 36.7 Å². The molecule has 2 aromatic carbocycles. The average Bonchev–Trinajstić information content (AvgIpc) is 3.39. The maximum atomic E-state index is 13.4. The van der Waals surface area contributed by atoms with Crippen molar-refractivity contribution in [3.05, 3.63) is 66.1 Å². The van der Waals surface area contributed by atoms with E-state index < -0.39 is 33.3 Å². The van der Waals surface area contributed by atoms with E-state index in [-0.39, 0.29) is 40.7 Å². The number of hydrogen-bond donors (Lipinski definition) is 1. The number of carbonyl (C=O) groups is 2. The summed E-state index contributed by atoms with van der Waals surface area (Å²) < 4.78 is 53.3. The van der Waals surface area contributed by atoms with Gasteiger partial charge in [-0.15, -0.1) is 0 Å². The summed E-state index contributed by atoms with van der Waals surface area (Å²) in [5.41, 5.74) is 0.532. The van der Waals surface area contributed by atoms with Crippen LogP contribution in [0.4, 0.5) is 4.79 Å². The van der Waals surface area contributed by atoms with Crippen molar-refractivity contribution in [1.82, 2.24) is 5.32 Å². The third kappa shape index (κ3) is 7.06. The molecule has 0 bridgehead atoms. The lowest BCUT2D eigenvalue weighted by atomic mass is 9.99. The summed E-state index contributed by atoms with van der Waals surface area (Å²) in [5.74, 6) is -1.02. The Balaban J connectivity index is 1.99. The summed E-state index contributed by atoms with van der Waals surface area (Å²) in [5, 5.41) is 2.58. The molecule has 3 rings (SSSR count). The van der Waals surface area contributed by atoms with Crippen molar-refractivity contribution in [1.29, 1.82) is 0 Å². The first-order chi connectivity index (χ1) is 18.0. The van der Waals surface area contributed by atoms with Gasteiger partial charge in [-0.05, 0) is 44.5 Å². The van der Waals surface area contributed by atoms with Crippen LogP contribution in [0.5, 0.6) is 11.5 Å². The highest BCUT2D eigenvalue weighted by molar-refractivity contribution is 7.90. The van der Waals surface area contributed by atoms with Crippen molar-refractivity contribution >= 4 is 21.9 Å². The Morgan fingerprint density at radius 2 is 1.76 bits per heavy atom. The van der Waals surface area contributed by atoms with E-state index in [1.165, 1.54) is 38.9 Å². The van der Waals surface area contributed by atoms with Gasteiger partial charge in [-0.3, -0.25) is 0 Å². The molecule has 11 heteroatoms. The number of nitrogens with one attached hydrogen (secondary N) is 1. The normalized spacial score (nSPS) is 11.5. The molecule has 0 spiro atoms. The number of amides is 1. The molecule has 0 aliphatic rings. The van der Waals surface area contributed by atoms with Crippen molar-refractivity contribution in [3.8, 4) is 22.6 Å². The van der Waals surface area contributed by atoms with E-state index >= 15 is 0 Å². The highest BCUT2D eigenvalue weighted by atomic mass is 32.2. The van der Waals surface area contributed by atoms with Gasteiger partial charge in [0.25, 0.3) is 0 Å². The number of rotatable bonds is 10. The van der Waals surface area contributed by atoms with E-state index in [4.69, 9.17) is 23.4 Å². The van der Waals surface area contributed by atoms with Gasteiger partial charge in [0.2, 0.25) is 0 Å². The Morgan fingerprint density at radius 3 is 2.39 bits per heavy atom. The standard InChI is InChI=1S/C27H31NO9S/c1-27(2,3)37-26(30)28-13-15-36-24-20(18-12-14-35-16-18)11-10-19(23(24)25(29)34-5)17-38(31,32)22-9-7-6-8-21(22)33-4/h6-12,14,16H,13,15,17H2,1-5H3,(H,28,30). The zero-order valence-corrected chi connectivity index (χ0v) is 22.7. The molecule has 0 saturated carbocycles. The fourth-order valence-corrected chi connectivity index (χ4v) is 5.19. The summed E-state index contributed by atoms with van der Waals surface area (Å²) in [6, 6.07) is 11.1. The van der Waals surface area contributed by atoms with Crippen LogP contribution in [0, 0.1) is 0 Å². The van der Waals surface area contributed by atoms with E-state index in [1.54, 1.807) is 51.1 Å². The minimum atomic E-state index is -3.94. The molecule has 0 aliphatic heterocycles. The van der Waals surface area contributed by atoms with E-state index in [0.29, 0.717) is 11.1 Å². The lowest BCUT2D eigenvalue weighted by Crippen LogP contribution is -2.34. The summed E-state index contributed by atoms with van der Waals surface area (Å²) in [6.45, 7) is 5.25. The minimum Gasteiger partial charge on any atom is -0.495 e. The van der Waals surface area contributed by atoms with Crippen molar-refractivity contribution < 1.29 is 41.4 Å². The van der Waals surface area contributed by atoms with Gasteiger partial charge >= 0.3 is 12.1 Å². The quantitative estimate of drug-likeness (QED) is 0.286. The van der Waals surface area contributed by atoms with Gasteiger partial charge in [0.05, 0.1) is 39.0 Å². The van der Waals surface area contributed by atoms with Gasteiger partial charge < -0.3 is 28.7 Å². The van der Waals surface area contributed by atoms with Crippen LogP contribution < -0.4 is 14.8 Å². The van der Waals surface area contributed by atoms with Crippen molar-refractivity contribution in [2.24, 2.45) is 0 Å². The Hall–Kier alpha value is -3.99. The molecule has 0 fully saturated rings. The average molecular weight is 546 g/mol. The van der Waals surface area contributed by atoms with Gasteiger partial charge in [0, 0.05) is 11.1 Å². The third-order valence-electron chi connectivity index (χ3n) is 5.23. The van der Waals surface area contributed by atoms with Crippen LogP contribution in [-0.4, -0.2) is 53.5 Å². The van der Waals surface area contributed by atoms with Gasteiger partial charge in [0.1, 0.15) is 34.2 Å². The number of sulfone groups is 1. The number of carbonyl (C=O) groups excluding carboxylic acids is 2. The maximum Gasteiger partial charge on any atom is 0.407 e. The predicted molar refractivity (Wildman–Crippen MR) is 139 cm³/mol. The smallest absolute Gasteiger partial charge is 0.407 e. The largest absolute Gasteiger partial charge is 0.495 e. The Morgan fingerprint density at radius 1 is 1.03 bits per heavy atom. The molecule has 1 aromatic heterocycles. The van der Waals surface area contributed by atoms with Crippen LogP contribution in [-0.2, 0) is 25.1 Å². The number of esters is 1. The first-order valence-corrected chi connectivity index (χ1v) is 13.3. The Bertz CT molecular complexity index is 1370. The minimum absolute atomic E-state index is 0.0127. The van der Waals surface area contributed by atoms with E-state index in [1.807, 2.05) is 0 Å². The van der Waals surface area contributed by atoms with E-state index in [9.17, 15) is 18.0 Å². The molecule has 1 heterocycles. The molecule has 0 saturated heterocycles. The lowest BCUT2D eigenvalue weighted by molar-refractivity contribution is 0.0516. The lowest BCUT2D eigenvalue weighted by Gasteiger charge is -2.20. The molecule has 0 aliphatic carbocycles. The first kappa shape index (κ1) is 28.6. The second kappa shape index (κ2) is 12.0. The van der Waals surface area contributed by atoms with Crippen LogP contribution in [0.3, 0.4) is 0 Å². The molecule has 1 amide bonds. The molecule has 0 unspecified atom stereocenters. The summed E-state index contributed by atoms with van der Waals surface area (Å²) in [7, 11) is -1.36. The molecule has 0 radical (unpaired) electrons. The third-order valence-corrected chi connectivity index (χ3v) is 6.93. The van der Waals surface area contributed by atoms with Crippen LogP contribution in [0.25, 0.3) is 11.1 Å². The molecular formula is C27H31NO9S. The SMILES string of the molecule is COC(=O)c1c(CS(=O)(=O)c2ccccc2OC)ccc(-c2ccoc2)c1OCCNC(=O)OC(C)(C)C. The zero-order chi connectivity index (χ0) is 27.9. The summed E-state index contributed by atoms with van der Waals surface area (Å²) in [4.78, 5) is 25.0. The summed E-state index contributed by atoms with van der Waals surface area (Å²) >= 11 is 0. The number of alkyl carbamates (subject to hydrolysis) is 1. The molecule has 10 nitrogen and oxygen atoms in total. The molecule has 0 atom stereocenters. The second-order valence-electron chi connectivity index (χ2n) is 9.17. The molecule has 3 aromatic rings. The van der Waals surface area contributed by atoms with E-state index in [0.717, 1.165) is 0 Å². The van der Waals surface area contributed by atoms with Gasteiger partial charge in [-0.25, -0.2) is 18.0 Å². The fourth-order valence-electron chi connectivity index (χ4n) is 3.64. The number of para-hydroxylation sites is 1. The van der Waals surface area contributed by atoms with Gasteiger partial charge in [-0.2, -0.15) is 0 Å². The number of hydrogen-bond acceptors (Lipinski definition) is 9. The first-order valence-electron chi connectivity index (χ1n) is 11.7. The number of furan rings is 1. The van der Waals surface area contributed by atoms with Crippen LogP contribution in [0.2, 0.25) is 0 Å². The fraction of sp³-hybridized carbons (Fsp3) is 0.333. The highest BCUT2D eigenvalue weighted by Crippen LogP contribution is 2.38. The molecule has 1 N–H and O–H groups in total. The van der Waals surface area contributed by atoms with E-state index in [2.05, 4.69) is 5.32 Å². The Labute approximate surface area is 221 Å². The zero-order valence-electron chi connectivity index (χ0n) is 21.9. The Kier molecular flexibility index (Phi) is 9.05. The topological polar surface area (TPSA) is 130 Å². The van der Waals surface area contributed by atoms with Gasteiger partial charge in [0.15, 0.2) is 9.84 Å².